The Balaban J connectivity index is 2.11. The molecule has 1 aliphatic rings. The van der Waals surface area contributed by atoms with Crippen LogP contribution >= 0.6 is 0 Å². The van der Waals surface area contributed by atoms with Crippen LogP contribution in [0.5, 0.6) is 0 Å². The Bertz CT molecular complexity index is 459. The second-order valence-electron chi connectivity index (χ2n) is 5.00. The van der Waals surface area contributed by atoms with Gasteiger partial charge in [-0.15, -0.1) is 0 Å². The van der Waals surface area contributed by atoms with Crippen LogP contribution in [-0.2, 0) is 4.74 Å². The van der Waals surface area contributed by atoms with Gasteiger partial charge in [-0.25, -0.2) is 0 Å². The molecule has 0 bridgehead atoms. The minimum atomic E-state index is -0.328. The van der Waals surface area contributed by atoms with Crippen LogP contribution in [0.4, 0.5) is 17.1 Å². The average molecular weight is 279 g/mol. The van der Waals surface area contributed by atoms with Gasteiger partial charge in [0.2, 0.25) is 0 Å². The van der Waals surface area contributed by atoms with E-state index in [0.29, 0.717) is 23.8 Å². The molecule has 1 unspecified atom stereocenters. The maximum absolute atomic E-state index is 11.3. The van der Waals surface area contributed by atoms with Crippen molar-refractivity contribution in [3.05, 3.63) is 28.3 Å². The van der Waals surface area contributed by atoms with Crippen molar-refractivity contribution in [2.75, 3.05) is 36.9 Å². The second-order valence-corrected chi connectivity index (χ2v) is 5.00. The first-order valence-electron chi connectivity index (χ1n) is 7.05. The Labute approximate surface area is 118 Å². The van der Waals surface area contributed by atoms with Crippen molar-refractivity contribution >= 4 is 17.1 Å². The molecule has 0 aromatic heterocycles. The molecule has 1 atom stereocenters. The van der Waals surface area contributed by atoms with Crippen LogP contribution < -0.4 is 10.6 Å². The van der Waals surface area contributed by atoms with E-state index in [1.54, 1.807) is 12.1 Å². The third-order valence-corrected chi connectivity index (χ3v) is 3.39. The topological polar surface area (TPSA) is 76.4 Å². The van der Waals surface area contributed by atoms with Crippen molar-refractivity contribution < 1.29 is 9.66 Å². The van der Waals surface area contributed by atoms with E-state index in [1.807, 2.05) is 13.0 Å². The zero-order chi connectivity index (χ0) is 14.4. The summed E-state index contributed by atoms with van der Waals surface area (Å²) < 4.78 is 5.31. The summed E-state index contributed by atoms with van der Waals surface area (Å²) in [5, 5.41) is 17.6. The summed E-state index contributed by atoms with van der Waals surface area (Å²) in [6.45, 7) is 4.97. The summed E-state index contributed by atoms with van der Waals surface area (Å²) in [4.78, 5) is 11.0. The maximum atomic E-state index is 11.3. The van der Waals surface area contributed by atoms with Gasteiger partial charge in [0, 0.05) is 25.6 Å². The van der Waals surface area contributed by atoms with Crippen LogP contribution in [-0.4, -0.2) is 31.2 Å². The fourth-order valence-corrected chi connectivity index (χ4v) is 2.28. The van der Waals surface area contributed by atoms with Gasteiger partial charge in [-0.05, 0) is 25.0 Å². The number of anilines is 2. The van der Waals surface area contributed by atoms with Gasteiger partial charge in [0.15, 0.2) is 0 Å². The highest BCUT2D eigenvalue weighted by Crippen LogP contribution is 2.33. The molecule has 2 N–H and O–H groups in total. The minimum absolute atomic E-state index is 0.125. The van der Waals surface area contributed by atoms with Gasteiger partial charge in [-0.2, -0.15) is 0 Å². The minimum Gasteiger partial charge on any atom is -0.381 e. The summed E-state index contributed by atoms with van der Waals surface area (Å²) in [5.74, 6) is 0.432. The Morgan fingerprint density at radius 1 is 1.40 bits per heavy atom. The van der Waals surface area contributed by atoms with Gasteiger partial charge in [0.25, 0.3) is 0 Å². The maximum Gasteiger partial charge on any atom is 0.315 e. The predicted octanol–water partition coefficient (Wildman–Crippen LogP) is 2.87. The second kappa shape index (κ2) is 7.09. The molecule has 6 heteroatoms. The summed E-state index contributed by atoms with van der Waals surface area (Å²) >= 11 is 0. The lowest BCUT2D eigenvalue weighted by Crippen LogP contribution is -2.15. The molecular formula is C14H21N3O3. The fourth-order valence-electron chi connectivity index (χ4n) is 2.28. The van der Waals surface area contributed by atoms with Crippen LogP contribution in [0.25, 0.3) is 0 Å². The molecule has 0 aliphatic carbocycles. The van der Waals surface area contributed by atoms with Crippen molar-refractivity contribution in [3.8, 4) is 0 Å². The lowest BCUT2D eigenvalue weighted by atomic mass is 10.1. The molecule has 6 nitrogen and oxygen atoms in total. The van der Waals surface area contributed by atoms with E-state index in [1.165, 1.54) is 0 Å². The number of nitrogens with zero attached hydrogens (tertiary/aromatic N) is 1. The lowest BCUT2D eigenvalue weighted by Gasteiger charge is -2.13. The Kier molecular flexibility index (Phi) is 5.17. The van der Waals surface area contributed by atoms with E-state index in [-0.39, 0.29) is 10.6 Å². The Morgan fingerprint density at radius 3 is 2.75 bits per heavy atom. The van der Waals surface area contributed by atoms with Gasteiger partial charge in [-0.3, -0.25) is 10.1 Å². The van der Waals surface area contributed by atoms with E-state index >= 15 is 0 Å². The first-order chi connectivity index (χ1) is 9.72. The number of rotatable bonds is 7. The first kappa shape index (κ1) is 14.6. The van der Waals surface area contributed by atoms with E-state index in [4.69, 9.17) is 4.74 Å². The van der Waals surface area contributed by atoms with Crippen molar-refractivity contribution in [2.24, 2.45) is 5.92 Å². The molecular weight excluding hydrogens is 258 g/mol. The van der Waals surface area contributed by atoms with Crippen molar-refractivity contribution in [1.29, 1.82) is 0 Å². The first-order valence-corrected chi connectivity index (χ1v) is 7.05. The fraction of sp³-hybridized carbons (Fsp3) is 0.571. The van der Waals surface area contributed by atoms with E-state index < -0.39 is 0 Å². The Morgan fingerprint density at radius 2 is 2.15 bits per heavy atom. The molecule has 1 saturated heterocycles. The van der Waals surface area contributed by atoms with Crippen molar-refractivity contribution in [3.63, 3.8) is 0 Å². The molecule has 1 fully saturated rings. The number of nitro groups is 1. The van der Waals surface area contributed by atoms with E-state index in [9.17, 15) is 10.1 Å². The molecule has 1 aromatic carbocycles. The van der Waals surface area contributed by atoms with Crippen LogP contribution in [0, 0.1) is 16.0 Å². The summed E-state index contributed by atoms with van der Waals surface area (Å²) in [5.41, 5.74) is 1.27. The average Bonchev–Trinajstić information content (AvgIpc) is 2.95. The van der Waals surface area contributed by atoms with Gasteiger partial charge in [0.1, 0.15) is 11.4 Å². The monoisotopic (exact) mass is 279 g/mol. The number of para-hydroxylation sites is 1. The summed E-state index contributed by atoms with van der Waals surface area (Å²) in [6.07, 6.45) is 1.93. The number of nitro benzene ring substituents is 1. The highest BCUT2D eigenvalue weighted by molar-refractivity contribution is 5.76. The van der Waals surface area contributed by atoms with E-state index in [0.717, 1.165) is 32.6 Å². The predicted molar refractivity (Wildman–Crippen MR) is 79.3 cm³/mol. The highest BCUT2D eigenvalue weighted by atomic mass is 16.6. The van der Waals surface area contributed by atoms with Crippen molar-refractivity contribution in [1.82, 2.24) is 0 Å². The molecule has 1 aromatic rings. The molecule has 20 heavy (non-hydrogen) atoms. The lowest BCUT2D eigenvalue weighted by molar-refractivity contribution is -0.383. The Hall–Kier alpha value is -1.82. The molecule has 0 amide bonds. The smallest absolute Gasteiger partial charge is 0.315 e. The SMILES string of the molecule is CCCNc1cccc(NCC2CCOC2)c1[N+](=O)[O-]. The van der Waals surface area contributed by atoms with Crippen LogP contribution in [0.3, 0.4) is 0 Å². The van der Waals surface area contributed by atoms with Crippen molar-refractivity contribution in [2.45, 2.75) is 19.8 Å². The molecule has 0 saturated carbocycles. The number of nitrogens with one attached hydrogen (secondary N) is 2. The zero-order valence-electron chi connectivity index (χ0n) is 11.7. The molecule has 1 aliphatic heterocycles. The molecule has 110 valence electrons. The normalized spacial score (nSPS) is 17.9. The quantitative estimate of drug-likeness (QED) is 0.593. The van der Waals surface area contributed by atoms with Gasteiger partial charge < -0.3 is 15.4 Å². The zero-order valence-corrected chi connectivity index (χ0v) is 11.7. The third-order valence-electron chi connectivity index (χ3n) is 3.39. The number of hydrogen-bond acceptors (Lipinski definition) is 5. The van der Waals surface area contributed by atoms with E-state index in [2.05, 4.69) is 10.6 Å². The molecule has 0 spiro atoms. The van der Waals surface area contributed by atoms with Crippen LogP contribution in [0.15, 0.2) is 18.2 Å². The molecule has 1 heterocycles. The van der Waals surface area contributed by atoms with Gasteiger partial charge >= 0.3 is 5.69 Å². The molecule has 0 radical (unpaired) electrons. The van der Waals surface area contributed by atoms with Gasteiger partial charge in [-0.1, -0.05) is 13.0 Å². The summed E-state index contributed by atoms with van der Waals surface area (Å²) in [7, 11) is 0. The van der Waals surface area contributed by atoms with Gasteiger partial charge in [0.05, 0.1) is 11.5 Å². The summed E-state index contributed by atoms with van der Waals surface area (Å²) in [6, 6.07) is 5.33. The van der Waals surface area contributed by atoms with Crippen LogP contribution in [0.1, 0.15) is 19.8 Å². The standard InChI is InChI=1S/C14H21N3O3/c1-2-7-15-12-4-3-5-13(14(12)17(18)19)16-9-11-6-8-20-10-11/h3-5,11,15-16H,2,6-10H2,1H3. The van der Waals surface area contributed by atoms with Crippen LogP contribution in [0.2, 0.25) is 0 Å². The third kappa shape index (κ3) is 3.60. The number of benzene rings is 1. The largest absolute Gasteiger partial charge is 0.381 e. The number of ether oxygens (including phenoxy) is 1. The highest BCUT2D eigenvalue weighted by Gasteiger charge is 2.21. The number of hydrogen-bond donors (Lipinski definition) is 2. The molecule has 2 rings (SSSR count).